The Labute approximate surface area is 224 Å². The highest BCUT2D eigenvalue weighted by atomic mass is 19.1. The lowest BCUT2D eigenvalue weighted by molar-refractivity contribution is -0.130. The number of piperidine rings is 2. The molecule has 0 saturated carbocycles. The quantitative estimate of drug-likeness (QED) is 0.475. The fourth-order valence-corrected chi connectivity index (χ4v) is 5.98. The van der Waals surface area contributed by atoms with E-state index in [1.807, 2.05) is 17.0 Å². The van der Waals surface area contributed by atoms with E-state index in [2.05, 4.69) is 45.2 Å². The molecule has 6 nitrogen and oxygen atoms in total. The van der Waals surface area contributed by atoms with Crippen molar-refractivity contribution < 1.29 is 14.0 Å². The molecule has 202 valence electrons. The number of likely N-dealkylation sites (tertiary alicyclic amines) is 2. The molecule has 0 radical (unpaired) electrons. The normalized spacial score (nSPS) is 17.7. The number of carbonyl (C=O) groups excluding carboxylic acids is 2. The third-order valence-electron chi connectivity index (χ3n) is 8.41. The summed E-state index contributed by atoms with van der Waals surface area (Å²) < 4.78 is 16.3. The Kier molecular flexibility index (Phi) is 8.42. The topological polar surface area (TPSA) is 57.6 Å². The largest absolute Gasteiger partial charge is 0.356 e. The molecule has 0 unspecified atom stereocenters. The zero-order valence-electron chi connectivity index (χ0n) is 22.4. The minimum atomic E-state index is -0.110. The van der Waals surface area contributed by atoms with Gasteiger partial charge in [0.05, 0.1) is 6.42 Å². The van der Waals surface area contributed by atoms with Gasteiger partial charge in [-0.3, -0.25) is 9.59 Å². The Morgan fingerprint density at radius 1 is 0.974 bits per heavy atom. The van der Waals surface area contributed by atoms with Crippen molar-refractivity contribution in [3.8, 4) is 0 Å². The molecule has 2 fully saturated rings. The summed E-state index contributed by atoms with van der Waals surface area (Å²) in [6.45, 7) is 6.77. The Morgan fingerprint density at radius 2 is 1.74 bits per heavy atom. The first-order valence-electron chi connectivity index (χ1n) is 14.0. The van der Waals surface area contributed by atoms with Gasteiger partial charge in [-0.25, -0.2) is 4.39 Å². The predicted octanol–water partition coefficient (Wildman–Crippen LogP) is 4.58. The van der Waals surface area contributed by atoms with Gasteiger partial charge < -0.3 is 19.7 Å². The van der Waals surface area contributed by atoms with Gasteiger partial charge >= 0.3 is 0 Å². The molecule has 1 N–H and O–H groups in total. The molecule has 2 aromatic carbocycles. The number of benzene rings is 2. The van der Waals surface area contributed by atoms with Gasteiger partial charge in [0.2, 0.25) is 11.8 Å². The van der Waals surface area contributed by atoms with Gasteiger partial charge in [-0.05, 0) is 72.7 Å². The number of hydrogen-bond donors (Lipinski definition) is 1. The number of carbonyl (C=O) groups is 2. The Bertz CT molecular complexity index is 1260. The van der Waals surface area contributed by atoms with Gasteiger partial charge in [-0.2, -0.15) is 0 Å². The number of rotatable bonds is 8. The third-order valence-corrected chi connectivity index (χ3v) is 8.41. The summed E-state index contributed by atoms with van der Waals surface area (Å²) in [4.78, 5) is 28.5. The number of aromatic nitrogens is 1. The van der Waals surface area contributed by atoms with E-state index in [0.29, 0.717) is 24.9 Å². The average Bonchev–Trinajstić information content (AvgIpc) is 3.35. The molecule has 0 bridgehead atoms. The molecule has 0 spiro atoms. The van der Waals surface area contributed by atoms with Crippen molar-refractivity contribution in [3.05, 3.63) is 71.7 Å². The van der Waals surface area contributed by atoms with Crippen molar-refractivity contribution in [2.75, 3.05) is 39.3 Å². The first-order chi connectivity index (χ1) is 18.5. The molecule has 5 rings (SSSR count). The van der Waals surface area contributed by atoms with Crippen LogP contribution in [0.3, 0.4) is 0 Å². The van der Waals surface area contributed by atoms with Crippen LogP contribution in [0, 0.1) is 11.7 Å². The summed E-state index contributed by atoms with van der Waals surface area (Å²) in [5.41, 5.74) is 3.02. The first-order valence-corrected chi connectivity index (χ1v) is 14.0. The van der Waals surface area contributed by atoms with E-state index in [4.69, 9.17) is 0 Å². The molecular formula is C31H39FN4O2. The van der Waals surface area contributed by atoms with Crippen LogP contribution in [0.4, 0.5) is 4.39 Å². The van der Waals surface area contributed by atoms with Crippen LogP contribution in [0.25, 0.3) is 10.9 Å². The van der Waals surface area contributed by atoms with Crippen LogP contribution in [0.2, 0.25) is 0 Å². The average molecular weight is 519 g/mol. The maximum absolute atomic E-state index is 14.0. The van der Waals surface area contributed by atoms with Gasteiger partial charge in [-0.1, -0.05) is 30.3 Å². The fraction of sp³-hybridized carbons (Fsp3) is 0.484. The van der Waals surface area contributed by atoms with Crippen molar-refractivity contribution in [2.45, 2.75) is 51.5 Å². The van der Waals surface area contributed by atoms with E-state index in [1.165, 1.54) is 17.0 Å². The molecule has 2 aliphatic heterocycles. The third kappa shape index (κ3) is 6.44. The Morgan fingerprint density at radius 3 is 2.47 bits per heavy atom. The van der Waals surface area contributed by atoms with Crippen molar-refractivity contribution >= 4 is 22.7 Å². The summed E-state index contributed by atoms with van der Waals surface area (Å²) in [7, 11) is 0. The zero-order chi connectivity index (χ0) is 26.5. The fourth-order valence-electron chi connectivity index (χ4n) is 5.98. The molecule has 38 heavy (non-hydrogen) atoms. The van der Waals surface area contributed by atoms with Gasteiger partial charge in [0.1, 0.15) is 5.82 Å². The van der Waals surface area contributed by atoms with Crippen molar-refractivity contribution in [3.63, 3.8) is 0 Å². The lowest BCUT2D eigenvalue weighted by atomic mass is 9.96. The van der Waals surface area contributed by atoms with Crippen LogP contribution in [0.5, 0.6) is 0 Å². The molecule has 2 amide bonds. The first kappa shape index (κ1) is 26.4. The van der Waals surface area contributed by atoms with E-state index in [0.717, 1.165) is 76.0 Å². The van der Waals surface area contributed by atoms with Crippen LogP contribution in [0.1, 0.15) is 49.8 Å². The summed E-state index contributed by atoms with van der Waals surface area (Å²) in [6, 6.07) is 16.0. The molecular weight excluding hydrogens is 479 g/mol. The van der Waals surface area contributed by atoms with Crippen LogP contribution >= 0.6 is 0 Å². The minimum Gasteiger partial charge on any atom is -0.356 e. The maximum Gasteiger partial charge on any atom is 0.224 e. The number of fused-ring (bicyclic) bond motifs is 1. The van der Waals surface area contributed by atoms with Gasteiger partial charge in [0.25, 0.3) is 0 Å². The summed E-state index contributed by atoms with van der Waals surface area (Å²) in [5.74, 6) is 0.519. The second kappa shape index (κ2) is 12.1. The molecule has 7 heteroatoms. The standard InChI is InChI=1S/C31H39FN4O2/c1-23(37)35-17-8-24(9-18-35)22-33-31(38)21-25-6-7-27-11-19-36(30(27)20-25)28-12-15-34(16-13-28)14-10-26-4-2-3-5-29(26)32/h2-7,11,19-20,24,28H,8-10,12-18,21-22H2,1H3,(H,33,38). The lowest BCUT2D eigenvalue weighted by Gasteiger charge is -2.33. The van der Waals surface area contributed by atoms with Crippen LogP contribution in [-0.4, -0.2) is 65.4 Å². The number of nitrogens with one attached hydrogen (secondary N) is 1. The molecule has 0 aliphatic carbocycles. The van der Waals surface area contributed by atoms with Crippen molar-refractivity contribution in [1.29, 1.82) is 0 Å². The van der Waals surface area contributed by atoms with Crippen LogP contribution in [0.15, 0.2) is 54.7 Å². The second-order valence-electron chi connectivity index (χ2n) is 11.0. The van der Waals surface area contributed by atoms with Crippen LogP contribution in [-0.2, 0) is 22.4 Å². The van der Waals surface area contributed by atoms with E-state index < -0.39 is 0 Å². The van der Waals surface area contributed by atoms with Gasteiger partial charge in [-0.15, -0.1) is 0 Å². The van der Waals surface area contributed by atoms with Crippen LogP contribution < -0.4 is 5.32 Å². The SMILES string of the molecule is CC(=O)N1CCC(CNC(=O)Cc2ccc3ccn(C4CCN(CCc5ccccc5F)CC4)c3c2)CC1. The van der Waals surface area contributed by atoms with E-state index in [1.54, 1.807) is 13.0 Å². The Hall–Kier alpha value is -3.19. The zero-order valence-corrected chi connectivity index (χ0v) is 22.4. The highest BCUT2D eigenvalue weighted by Gasteiger charge is 2.23. The van der Waals surface area contributed by atoms with E-state index >= 15 is 0 Å². The smallest absolute Gasteiger partial charge is 0.224 e. The monoisotopic (exact) mass is 518 g/mol. The molecule has 2 aliphatic rings. The molecule has 0 atom stereocenters. The molecule has 2 saturated heterocycles. The van der Waals surface area contributed by atoms with Crippen molar-refractivity contribution in [2.24, 2.45) is 5.92 Å². The highest BCUT2D eigenvalue weighted by molar-refractivity contribution is 5.84. The maximum atomic E-state index is 14.0. The van der Waals surface area contributed by atoms with E-state index in [9.17, 15) is 14.0 Å². The molecule has 3 aromatic rings. The number of amides is 2. The van der Waals surface area contributed by atoms with Gasteiger partial charge in [0, 0.05) is 63.9 Å². The Balaban J connectivity index is 1.12. The summed E-state index contributed by atoms with van der Waals surface area (Å²) in [5, 5.41) is 4.32. The second-order valence-corrected chi connectivity index (χ2v) is 11.0. The summed E-state index contributed by atoms with van der Waals surface area (Å²) in [6.07, 6.45) is 7.32. The van der Waals surface area contributed by atoms with Crippen molar-refractivity contribution in [1.82, 2.24) is 19.7 Å². The highest BCUT2D eigenvalue weighted by Crippen LogP contribution is 2.29. The number of halogens is 1. The molecule has 3 heterocycles. The predicted molar refractivity (Wildman–Crippen MR) is 148 cm³/mol. The minimum absolute atomic E-state index is 0.0552. The van der Waals surface area contributed by atoms with Gasteiger partial charge in [0.15, 0.2) is 0 Å². The summed E-state index contributed by atoms with van der Waals surface area (Å²) >= 11 is 0. The number of hydrogen-bond acceptors (Lipinski definition) is 3. The number of nitrogens with zero attached hydrogens (tertiary/aromatic N) is 3. The molecule has 1 aromatic heterocycles. The lowest BCUT2D eigenvalue weighted by Crippen LogP contribution is -2.40. The van der Waals surface area contributed by atoms with E-state index in [-0.39, 0.29) is 17.6 Å².